The molecule has 0 aliphatic carbocycles. The fourth-order valence-electron chi connectivity index (χ4n) is 3.31. The Balaban J connectivity index is 1.78. The summed E-state index contributed by atoms with van der Waals surface area (Å²) >= 11 is 0. The van der Waals surface area contributed by atoms with Gasteiger partial charge in [-0.25, -0.2) is 16.8 Å². The SMILES string of the molecule is O=S(=O)([N]S(=O)(=O)c1ccccc1-c1ccccc1)c1ccccc1-c1ccccc1. The molecule has 0 saturated heterocycles. The van der Waals surface area contributed by atoms with Crippen molar-refractivity contribution in [3.8, 4) is 22.3 Å². The molecule has 0 aliphatic heterocycles. The second-order valence-corrected chi connectivity index (χ2v) is 10.1. The van der Waals surface area contributed by atoms with Crippen molar-refractivity contribution in [2.45, 2.75) is 9.79 Å². The second-order valence-electron chi connectivity index (χ2n) is 6.75. The van der Waals surface area contributed by atoms with E-state index in [4.69, 9.17) is 0 Å². The molecule has 0 saturated carbocycles. The van der Waals surface area contributed by atoms with E-state index in [1.807, 2.05) is 12.1 Å². The lowest BCUT2D eigenvalue weighted by Crippen LogP contribution is -2.24. The van der Waals surface area contributed by atoms with Gasteiger partial charge in [0.05, 0.1) is 9.79 Å². The van der Waals surface area contributed by atoms with Gasteiger partial charge in [0.1, 0.15) is 0 Å². The van der Waals surface area contributed by atoms with E-state index in [-0.39, 0.29) is 9.79 Å². The van der Waals surface area contributed by atoms with Crippen LogP contribution in [-0.4, -0.2) is 16.8 Å². The number of hydrogen-bond acceptors (Lipinski definition) is 4. The average Bonchev–Trinajstić information content (AvgIpc) is 2.80. The predicted molar refractivity (Wildman–Crippen MR) is 120 cm³/mol. The van der Waals surface area contributed by atoms with Crippen molar-refractivity contribution in [3.63, 3.8) is 0 Å². The van der Waals surface area contributed by atoms with Gasteiger partial charge in [-0.3, -0.25) is 0 Å². The van der Waals surface area contributed by atoms with Crippen LogP contribution in [0.4, 0.5) is 0 Å². The van der Waals surface area contributed by atoms with Gasteiger partial charge in [-0.05, 0) is 23.3 Å². The normalized spacial score (nSPS) is 11.9. The molecule has 0 bridgehead atoms. The highest BCUT2D eigenvalue weighted by Crippen LogP contribution is 2.31. The zero-order valence-corrected chi connectivity index (χ0v) is 17.9. The third-order valence-electron chi connectivity index (χ3n) is 4.70. The molecule has 5 nitrogen and oxygen atoms in total. The zero-order chi connectivity index (χ0) is 21.9. The van der Waals surface area contributed by atoms with E-state index < -0.39 is 20.0 Å². The van der Waals surface area contributed by atoms with Crippen LogP contribution < -0.4 is 4.13 Å². The first-order chi connectivity index (χ1) is 14.9. The van der Waals surface area contributed by atoms with E-state index >= 15 is 0 Å². The monoisotopic (exact) mass is 448 g/mol. The number of rotatable bonds is 6. The number of nitrogens with zero attached hydrogens (tertiary/aromatic N) is 1. The van der Waals surface area contributed by atoms with Crippen molar-refractivity contribution in [3.05, 3.63) is 109 Å². The minimum Gasteiger partial charge on any atom is -0.204 e. The molecule has 0 heterocycles. The third-order valence-corrected chi connectivity index (χ3v) is 8.09. The Labute approximate surface area is 182 Å². The Kier molecular flexibility index (Phi) is 5.73. The number of sulfonamides is 2. The Morgan fingerprint density at radius 3 is 1.13 bits per heavy atom. The highest BCUT2D eigenvalue weighted by Gasteiger charge is 2.31. The van der Waals surface area contributed by atoms with Gasteiger partial charge in [0.15, 0.2) is 0 Å². The largest absolute Gasteiger partial charge is 0.272 e. The molecule has 155 valence electrons. The molecule has 0 atom stereocenters. The van der Waals surface area contributed by atoms with Crippen molar-refractivity contribution in [1.82, 2.24) is 4.13 Å². The minimum atomic E-state index is -4.51. The van der Waals surface area contributed by atoms with Crippen LogP contribution in [0.3, 0.4) is 0 Å². The van der Waals surface area contributed by atoms with Crippen LogP contribution in [0.5, 0.6) is 0 Å². The molecule has 0 fully saturated rings. The van der Waals surface area contributed by atoms with E-state index in [0.717, 1.165) is 0 Å². The first-order valence-electron chi connectivity index (χ1n) is 9.42. The topological polar surface area (TPSA) is 82.4 Å². The summed E-state index contributed by atoms with van der Waals surface area (Å²) in [5, 5.41) is 0. The van der Waals surface area contributed by atoms with Gasteiger partial charge in [0.25, 0.3) is 20.0 Å². The molecule has 4 aromatic carbocycles. The van der Waals surface area contributed by atoms with Gasteiger partial charge in [-0.15, -0.1) is 0 Å². The van der Waals surface area contributed by atoms with Crippen LogP contribution in [-0.2, 0) is 20.0 Å². The summed E-state index contributed by atoms with van der Waals surface area (Å²) in [5.41, 5.74) is 2.08. The second kappa shape index (κ2) is 8.47. The first kappa shape index (κ1) is 21.0. The molecule has 1 radical (unpaired) electrons. The van der Waals surface area contributed by atoms with Gasteiger partial charge in [0, 0.05) is 15.3 Å². The van der Waals surface area contributed by atoms with Gasteiger partial charge >= 0.3 is 0 Å². The number of benzene rings is 4. The molecule has 31 heavy (non-hydrogen) atoms. The molecule has 4 aromatic rings. The van der Waals surface area contributed by atoms with Crippen molar-refractivity contribution in [2.75, 3.05) is 0 Å². The average molecular weight is 449 g/mol. The smallest absolute Gasteiger partial charge is 0.204 e. The molecule has 0 N–H and O–H groups in total. The van der Waals surface area contributed by atoms with E-state index in [0.29, 0.717) is 22.3 Å². The lowest BCUT2D eigenvalue weighted by molar-refractivity contribution is 0.576. The fourth-order valence-corrected chi connectivity index (χ4v) is 6.41. The summed E-state index contributed by atoms with van der Waals surface area (Å²) < 4.78 is 55.9. The molecule has 0 aromatic heterocycles. The summed E-state index contributed by atoms with van der Waals surface area (Å²) in [6.45, 7) is 0. The van der Waals surface area contributed by atoms with E-state index in [2.05, 4.69) is 4.13 Å². The highest BCUT2D eigenvalue weighted by atomic mass is 32.3. The quantitative estimate of drug-likeness (QED) is 0.428. The van der Waals surface area contributed by atoms with Crippen LogP contribution in [0.2, 0.25) is 0 Å². The summed E-state index contributed by atoms with van der Waals surface area (Å²) in [5.74, 6) is 0. The third kappa shape index (κ3) is 4.44. The Morgan fingerprint density at radius 1 is 0.419 bits per heavy atom. The molecule has 4 rings (SSSR count). The molecule has 0 spiro atoms. The van der Waals surface area contributed by atoms with Crippen LogP contribution in [0.25, 0.3) is 22.3 Å². The first-order valence-corrected chi connectivity index (χ1v) is 12.3. The van der Waals surface area contributed by atoms with E-state index in [1.165, 1.54) is 12.1 Å². The van der Waals surface area contributed by atoms with Crippen molar-refractivity contribution >= 4 is 20.0 Å². The van der Waals surface area contributed by atoms with Crippen molar-refractivity contribution in [2.24, 2.45) is 0 Å². The molecule has 0 unspecified atom stereocenters. The van der Waals surface area contributed by atoms with E-state index in [1.54, 1.807) is 84.9 Å². The van der Waals surface area contributed by atoms with Gasteiger partial charge in [-0.2, -0.15) is 0 Å². The standard InChI is InChI=1S/C24H18NO4S2/c26-30(27,23-17-9-7-15-21(23)19-11-3-1-4-12-19)25-31(28,29)24-18-10-8-16-22(24)20-13-5-2-6-14-20/h1-18H. The van der Waals surface area contributed by atoms with Gasteiger partial charge in [0.2, 0.25) is 0 Å². The molecular formula is C24H18NO4S2. The maximum Gasteiger partial charge on any atom is 0.272 e. The van der Waals surface area contributed by atoms with Crippen LogP contribution in [0.1, 0.15) is 0 Å². The van der Waals surface area contributed by atoms with Crippen LogP contribution in [0.15, 0.2) is 119 Å². The lowest BCUT2D eigenvalue weighted by Gasteiger charge is -2.13. The Bertz CT molecular complexity index is 1310. The summed E-state index contributed by atoms with van der Waals surface area (Å²) in [7, 11) is -9.01. The van der Waals surface area contributed by atoms with Crippen LogP contribution >= 0.6 is 0 Å². The predicted octanol–water partition coefficient (Wildman–Crippen LogP) is 4.70. The Hall–Kier alpha value is -3.26. The fraction of sp³-hybridized carbons (Fsp3) is 0. The van der Waals surface area contributed by atoms with Gasteiger partial charge in [-0.1, -0.05) is 97.1 Å². The zero-order valence-electron chi connectivity index (χ0n) is 16.3. The van der Waals surface area contributed by atoms with E-state index in [9.17, 15) is 16.8 Å². The molecule has 0 amide bonds. The maximum absolute atomic E-state index is 13.1. The van der Waals surface area contributed by atoms with Crippen LogP contribution in [0, 0.1) is 0 Å². The number of hydrogen-bond donors (Lipinski definition) is 0. The summed E-state index contributed by atoms with van der Waals surface area (Å²) in [6, 6.07) is 30.2. The minimum absolute atomic E-state index is 0.165. The summed E-state index contributed by atoms with van der Waals surface area (Å²) in [6.07, 6.45) is 0. The maximum atomic E-state index is 13.1. The van der Waals surface area contributed by atoms with Gasteiger partial charge < -0.3 is 0 Å². The molecule has 0 aliphatic rings. The molecular weight excluding hydrogens is 430 g/mol. The van der Waals surface area contributed by atoms with Crippen molar-refractivity contribution < 1.29 is 16.8 Å². The molecule has 7 heteroatoms. The summed E-state index contributed by atoms with van der Waals surface area (Å²) in [4.78, 5) is -0.330. The highest BCUT2D eigenvalue weighted by molar-refractivity contribution is 8.04. The van der Waals surface area contributed by atoms with Crippen molar-refractivity contribution in [1.29, 1.82) is 0 Å². The Morgan fingerprint density at radius 2 is 0.742 bits per heavy atom. The lowest BCUT2D eigenvalue weighted by atomic mass is 10.1.